The van der Waals surface area contributed by atoms with Gasteiger partial charge >= 0.3 is 12.0 Å². The molecule has 0 aliphatic carbocycles. The van der Waals surface area contributed by atoms with Gasteiger partial charge in [0.05, 0.1) is 24.1 Å². The van der Waals surface area contributed by atoms with E-state index in [0.29, 0.717) is 11.4 Å². The molecule has 1 heterocycles. The Morgan fingerprint density at radius 2 is 1.71 bits per heavy atom. The second kappa shape index (κ2) is 10.1. The van der Waals surface area contributed by atoms with Crippen molar-refractivity contribution in [1.29, 1.82) is 0 Å². The van der Waals surface area contributed by atoms with Crippen LogP contribution < -0.4 is 16.0 Å². The van der Waals surface area contributed by atoms with Crippen LogP contribution in [0, 0.1) is 13.8 Å². The van der Waals surface area contributed by atoms with Crippen molar-refractivity contribution in [2.24, 2.45) is 0 Å². The maximum absolute atomic E-state index is 12.5. The highest BCUT2D eigenvalue weighted by molar-refractivity contribution is 5.99. The number of carbonyl (C=O) groups excluding carboxylic acids is 3. The van der Waals surface area contributed by atoms with Gasteiger partial charge in [-0.05, 0) is 55.3 Å². The molecule has 31 heavy (non-hydrogen) atoms. The monoisotopic (exact) mass is 421 g/mol. The van der Waals surface area contributed by atoms with E-state index < -0.39 is 24.5 Å². The summed E-state index contributed by atoms with van der Waals surface area (Å²) in [4.78, 5) is 36.2. The summed E-state index contributed by atoms with van der Waals surface area (Å²) in [5, 5.41) is 7.80. The van der Waals surface area contributed by atoms with Crippen LogP contribution in [0.15, 0.2) is 65.3 Å². The topological polar surface area (TPSA) is 110 Å². The van der Waals surface area contributed by atoms with Gasteiger partial charge in [0.25, 0.3) is 5.91 Å². The zero-order valence-electron chi connectivity index (χ0n) is 17.2. The minimum Gasteiger partial charge on any atom is -0.467 e. The van der Waals surface area contributed by atoms with Crippen LogP contribution in [0.5, 0.6) is 0 Å². The number of anilines is 2. The van der Waals surface area contributed by atoms with Gasteiger partial charge in [0.2, 0.25) is 0 Å². The van der Waals surface area contributed by atoms with E-state index in [1.165, 1.54) is 6.26 Å². The number of urea groups is 1. The van der Waals surface area contributed by atoms with Crippen LogP contribution in [-0.2, 0) is 16.1 Å². The van der Waals surface area contributed by atoms with E-state index in [1.807, 2.05) is 32.0 Å². The average molecular weight is 421 g/mol. The van der Waals surface area contributed by atoms with Crippen molar-refractivity contribution in [2.45, 2.75) is 20.4 Å². The Bertz CT molecular complexity index is 1080. The summed E-state index contributed by atoms with van der Waals surface area (Å²) in [6.07, 6.45) is 1.48. The van der Waals surface area contributed by atoms with Crippen LogP contribution in [0.2, 0.25) is 0 Å². The SMILES string of the molecule is Cc1cccc(Nc2ccccc2C(=O)OCC(=O)NC(=O)NCc2ccco2)c1C. The van der Waals surface area contributed by atoms with Gasteiger partial charge in [-0.15, -0.1) is 0 Å². The maximum atomic E-state index is 12.5. The van der Waals surface area contributed by atoms with E-state index >= 15 is 0 Å². The number of nitrogens with one attached hydrogen (secondary N) is 3. The van der Waals surface area contributed by atoms with E-state index in [0.717, 1.165) is 16.8 Å². The zero-order chi connectivity index (χ0) is 22.2. The molecule has 8 heteroatoms. The number of carbonyl (C=O) groups is 3. The number of hydrogen-bond acceptors (Lipinski definition) is 6. The highest BCUT2D eigenvalue weighted by atomic mass is 16.5. The highest BCUT2D eigenvalue weighted by Crippen LogP contribution is 2.25. The van der Waals surface area contributed by atoms with Crippen molar-refractivity contribution < 1.29 is 23.5 Å². The van der Waals surface area contributed by atoms with Gasteiger partial charge in [-0.3, -0.25) is 10.1 Å². The number of rotatable bonds is 7. The molecule has 0 atom stereocenters. The predicted octanol–water partition coefficient (Wildman–Crippen LogP) is 3.82. The van der Waals surface area contributed by atoms with E-state index in [4.69, 9.17) is 9.15 Å². The summed E-state index contributed by atoms with van der Waals surface area (Å²) in [7, 11) is 0. The molecule has 3 amide bonds. The first-order valence-corrected chi connectivity index (χ1v) is 9.63. The molecular weight excluding hydrogens is 398 g/mol. The van der Waals surface area contributed by atoms with Gasteiger partial charge < -0.3 is 19.8 Å². The molecule has 3 aromatic rings. The van der Waals surface area contributed by atoms with Crippen molar-refractivity contribution in [3.63, 3.8) is 0 Å². The molecule has 8 nitrogen and oxygen atoms in total. The van der Waals surface area contributed by atoms with Crippen molar-refractivity contribution in [1.82, 2.24) is 10.6 Å². The Hall–Kier alpha value is -4.07. The van der Waals surface area contributed by atoms with E-state index in [9.17, 15) is 14.4 Å². The fourth-order valence-electron chi connectivity index (χ4n) is 2.80. The fraction of sp³-hybridized carbons (Fsp3) is 0.174. The molecule has 0 bridgehead atoms. The molecule has 160 valence electrons. The van der Waals surface area contributed by atoms with Crippen LogP contribution in [0.1, 0.15) is 27.2 Å². The Morgan fingerprint density at radius 3 is 2.48 bits per heavy atom. The minimum absolute atomic E-state index is 0.128. The van der Waals surface area contributed by atoms with E-state index in [2.05, 4.69) is 16.0 Å². The summed E-state index contributed by atoms with van der Waals surface area (Å²) in [5.41, 5.74) is 3.88. The van der Waals surface area contributed by atoms with E-state index in [1.54, 1.807) is 36.4 Å². The first kappa shape index (κ1) is 21.6. The third kappa shape index (κ3) is 5.96. The number of imide groups is 1. The number of aryl methyl sites for hydroxylation is 1. The molecule has 0 aliphatic heterocycles. The third-order valence-corrected chi connectivity index (χ3v) is 4.61. The van der Waals surface area contributed by atoms with Crippen LogP contribution in [0.3, 0.4) is 0 Å². The van der Waals surface area contributed by atoms with Crippen molar-refractivity contribution in [2.75, 3.05) is 11.9 Å². The first-order valence-electron chi connectivity index (χ1n) is 9.63. The number of hydrogen-bond donors (Lipinski definition) is 3. The molecule has 3 N–H and O–H groups in total. The molecular formula is C23H23N3O5. The average Bonchev–Trinajstić information content (AvgIpc) is 3.28. The van der Waals surface area contributed by atoms with Crippen molar-refractivity contribution in [3.05, 3.63) is 83.3 Å². The largest absolute Gasteiger partial charge is 0.467 e. The maximum Gasteiger partial charge on any atom is 0.340 e. The van der Waals surface area contributed by atoms with Gasteiger partial charge in [0, 0.05) is 5.69 Å². The van der Waals surface area contributed by atoms with Crippen LogP contribution in [0.25, 0.3) is 0 Å². The number of benzene rings is 2. The smallest absolute Gasteiger partial charge is 0.340 e. The molecule has 0 fully saturated rings. The number of esters is 1. The third-order valence-electron chi connectivity index (χ3n) is 4.61. The standard InChI is InChI=1S/C23H23N3O5/c1-15-7-5-11-19(16(15)2)25-20-10-4-3-9-18(20)22(28)31-14-21(27)26-23(29)24-13-17-8-6-12-30-17/h3-12,25H,13-14H2,1-2H3,(H2,24,26,27,29). The molecule has 1 aromatic heterocycles. The Labute approximate surface area is 179 Å². The lowest BCUT2D eigenvalue weighted by Gasteiger charge is -2.14. The van der Waals surface area contributed by atoms with Gasteiger partial charge in [0.1, 0.15) is 5.76 Å². The zero-order valence-corrected chi connectivity index (χ0v) is 17.2. The van der Waals surface area contributed by atoms with Gasteiger partial charge in [-0.25, -0.2) is 9.59 Å². The predicted molar refractivity (Wildman–Crippen MR) is 115 cm³/mol. The normalized spacial score (nSPS) is 10.3. The van der Waals surface area contributed by atoms with Gasteiger partial charge in [0.15, 0.2) is 6.61 Å². The lowest BCUT2D eigenvalue weighted by atomic mass is 10.1. The fourth-order valence-corrected chi connectivity index (χ4v) is 2.80. The number of furan rings is 1. The molecule has 0 radical (unpaired) electrons. The van der Waals surface area contributed by atoms with E-state index in [-0.39, 0.29) is 12.1 Å². The lowest BCUT2D eigenvalue weighted by molar-refractivity contribution is -0.123. The number of ether oxygens (including phenoxy) is 1. The Balaban J connectivity index is 1.55. The summed E-state index contributed by atoms with van der Waals surface area (Å²) in [5.74, 6) is -0.883. The van der Waals surface area contributed by atoms with Gasteiger partial charge in [-0.2, -0.15) is 0 Å². The molecule has 0 aliphatic rings. The second-order valence-corrected chi connectivity index (χ2v) is 6.80. The number of amides is 3. The van der Waals surface area contributed by atoms with Crippen LogP contribution in [-0.4, -0.2) is 24.5 Å². The Kier molecular flexibility index (Phi) is 7.05. The molecule has 3 rings (SSSR count). The highest BCUT2D eigenvalue weighted by Gasteiger charge is 2.16. The summed E-state index contributed by atoms with van der Waals surface area (Å²) in [6, 6.07) is 15.3. The molecule has 2 aromatic carbocycles. The first-order chi connectivity index (χ1) is 14.9. The molecule has 0 spiro atoms. The number of para-hydroxylation sites is 1. The second-order valence-electron chi connectivity index (χ2n) is 6.80. The molecule has 0 saturated heterocycles. The molecule has 0 unspecified atom stereocenters. The van der Waals surface area contributed by atoms with Crippen molar-refractivity contribution in [3.8, 4) is 0 Å². The lowest BCUT2D eigenvalue weighted by Crippen LogP contribution is -2.41. The van der Waals surface area contributed by atoms with Crippen LogP contribution >= 0.6 is 0 Å². The summed E-state index contributed by atoms with van der Waals surface area (Å²) >= 11 is 0. The van der Waals surface area contributed by atoms with Gasteiger partial charge in [-0.1, -0.05) is 24.3 Å². The molecule has 0 saturated carbocycles. The minimum atomic E-state index is -0.745. The Morgan fingerprint density at radius 1 is 0.935 bits per heavy atom. The summed E-state index contributed by atoms with van der Waals surface area (Å²) in [6.45, 7) is 3.53. The quantitative estimate of drug-likeness (QED) is 0.500. The van der Waals surface area contributed by atoms with Crippen LogP contribution in [0.4, 0.5) is 16.2 Å². The summed E-state index contributed by atoms with van der Waals surface area (Å²) < 4.78 is 10.2. The van der Waals surface area contributed by atoms with Crippen molar-refractivity contribution >= 4 is 29.3 Å².